The number of nitrogens with zero attached hydrogens (tertiary/aromatic N) is 1. The summed E-state index contributed by atoms with van der Waals surface area (Å²) in [6.45, 7) is 1.67. The second-order valence-corrected chi connectivity index (χ2v) is 8.54. The third kappa shape index (κ3) is 5.31. The van der Waals surface area contributed by atoms with Gasteiger partial charge in [0.15, 0.2) is 0 Å². The molecule has 2 aromatic rings. The molecule has 2 aliphatic rings. The van der Waals surface area contributed by atoms with Crippen molar-refractivity contribution in [2.45, 2.75) is 44.4 Å². The molecular formula is C25H29N3O6. The van der Waals surface area contributed by atoms with Crippen molar-refractivity contribution in [1.29, 1.82) is 0 Å². The Balaban J connectivity index is 1.42. The number of nitrogens with one attached hydrogen (secondary N) is 2. The number of carbonyl (C=O) groups excluding carboxylic acids is 3. The normalized spacial score (nSPS) is 21.8. The van der Waals surface area contributed by atoms with Crippen LogP contribution in [0.25, 0.3) is 0 Å². The summed E-state index contributed by atoms with van der Waals surface area (Å²) in [4.78, 5) is 38.9. The lowest BCUT2D eigenvalue weighted by Crippen LogP contribution is -2.53. The number of hydrogen-bond acceptors (Lipinski definition) is 6. The van der Waals surface area contributed by atoms with Gasteiger partial charge in [0.25, 0.3) is 5.91 Å². The number of fused-ring (bicyclic) bond motifs is 2. The van der Waals surface area contributed by atoms with E-state index in [-0.39, 0.29) is 49.0 Å². The highest BCUT2D eigenvalue weighted by Crippen LogP contribution is 2.32. The molecular weight excluding hydrogens is 438 g/mol. The maximum atomic E-state index is 13.2. The molecule has 0 saturated carbocycles. The number of rotatable bonds is 5. The Morgan fingerprint density at radius 2 is 1.91 bits per heavy atom. The Morgan fingerprint density at radius 3 is 2.68 bits per heavy atom. The smallest absolute Gasteiger partial charge is 0.257 e. The number of benzene rings is 2. The van der Waals surface area contributed by atoms with Crippen LogP contribution in [0.4, 0.5) is 11.4 Å². The van der Waals surface area contributed by atoms with Crippen molar-refractivity contribution in [3.8, 4) is 11.5 Å². The molecule has 1 saturated heterocycles. The third-order valence-corrected chi connectivity index (χ3v) is 6.10. The Labute approximate surface area is 198 Å². The average Bonchev–Trinajstić information content (AvgIpc) is 2.81. The van der Waals surface area contributed by atoms with Crippen molar-refractivity contribution in [2.24, 2.45) is 0 Å². The number of amides is 3. The molecule has 2 aromatic carbocycles. The van der Waals surface area contributed by atoms with Gasteiger partial charge in [0.1, 0.15) is 24.2 Å². The molecule has 0 bridgehead atoms. The largest absolute Gasteiger partial charge is 0.497 e. The Kier molecular flexibility index (Phi) is 7.02. The van der Waals surface area contributed by atoms with E-state index in [0.29, 0.717) is 41.3 Å². The van der Waals surface area contributed by atoms with E-state index in [9.17, 15) is 14.4 Å². The topological polar surface area (TPSA) is 106 Å². The quantitative estimate of drug-likeness (QED) is 0.700. The van der Waals surface area contributed by atoms with Crippen LogP contribution in [0.1, 0.15) is 36.5 Å². The molecule has 0 aromatic heterocycles. The highest BCUT2D eigenvalue weighted by atomic mass is 16.5. The van der Waals surface area contributed by atoms with Crippen molar-refractivity contribution < 1.29 is 28.6 Å². The van der Waals surface area contributed by atoms with E-state index in [1.807, 2.05) is 12.1 Å². The van der Waals surface area contributed by atoms with Crippen LogP contribution < -0.4 is 20.1 Å². The molecule has 2 aliphatic heterocycles. The molecule has 0 radical (unpaired) electrons. The molecule has 9 heteroatoms. The number of carbonyl (C=O) groups is 3. The van der Waals surface area contributed by atoms with Crippen LogP contribution in [0.2, 0.25) is 0 Å². The lowest BCUT2D eigenvalue weighted by Gasteiger charge is -2.42. The van der Waals surface area contributed by atoms with Crippen LogP contribution in [-0.4, -0.2) is 61.6 Å². The second-order valence-electron chi connectivity index (χ2n) is 8.54. The van der Waals surface area contributed by atoms with Crippen LogP contribution in [0.3, 0.4) is 0 Å². The number of likely N-dealkylation sites (N-methyl/N-ethyl adjacent to an activating group) is 1. The zero-order valence-corrected chi connectivity index (χ0v) is 19.5. The molecule has 0 aliphatic carbocycles. The summed E-state index contributed by atoms with van der Waals surface area (Å²) in [7, 11) is 3.33. The highest BCUT2D eigenvalue weighted by molar-refractivity contribution is 5.99. The first-order chi connectivity index (χ1) is 16.3. The SMILES string of the molecule is COc1cccc(NC(=O)C[C@H]2CC[C@H]3[C@H](COc4ccc(NC(C)=O)cc4C(=O)N3C)O2)c1. The fourth-order valence-electron chi connectivity index (χ4n) is 4.43. The minimum absolute atomic E-state index is 0.149. The van der Waals surface area contributed by atoms with E-state index in [1.165, 1.54) is 6.92 Å². The number of ether oxygens (including phenoxy) is 3. The molecule has 3 atom stereocenters. The van der Waals surface area contributed by atoms with Crippen LogP contribution >= 0.6 is 0 Å². The summed E-state index contributed by atoms with van der Waals surface area (Å²) < 4.78 is 17.4. The van der Waals surface area contributed by atoms with Crippen molar-refractivity contribution >= 4 is 29.1 Å². The van der Waals surface area contributed by atoms with Gasteiger partial charge in [0, 0.05) is 31.4 Å². The van der Waals surface area contributed by atoms with Crippen LogP contribution in [0.15, 0.2) is 42.5 Å². The minimum Gasteiger partial charge on any atom is -0.497 e. The zero-order chi connectivity index (χ0) is 24.2. The van der Waals surface area contributed by atoms with Gasteiger partial charge in [-0.25, -0.2) is 0 Å². The molecule has 2 N–H and O–H groups in total. The molecule has 34 heavy (non-hydrogen) atoms. The van der Waals surface area contributed by atoms with Crippen LogP contribution in [0.5, 0.6) is 11.5 Å². The fourth-order valence-corrected chi connectivity index (χ4v) is 4.43. The first-order valence-corrected chi connectivity index (χ1v) is 11.2. The Hall–Kier alpha value is -3.59. The van der Waals surface area contributed by atoms with Gasteiger partial charge in [0.2, 0.25) is 11.8 Å². The number of hydrogen-bond donors (Lipinski definition) is 2. The molecule has 180 valence electrons. The summed E-state index contributed by atoms with van der Waals surface area (Å²) in [6, 6.07) is 12.0. The summed E-state index contributed by atoms with van der Waals surface area (Å²) in [5, 5.41) is 5.58. The summed E-state index contributed by atoms with van der Waals surface area (Å²) in [6.07, 6.45) is 0.895. The van der Waals surface area contributed by atoms with Crippen molar-refractivity contribution in [1.82, 2.24) is 4.90 Å². The molecule has 0 spiro atoms. The van der Waals surface area contributed by atoms with Crippen LogP contribution in [0, 0.1) is 0 Å². The lowest BCUT2D eigenvalue weighted by molar-refractivity contribution is -0.130. The molecule has 1 fully saturated rings. The van der Waals surface area contributed by atoms with Gasteiger partial charge in [-0.2, -0.15) is 0 Å². The Bertz CT molecular complexity index is 1090. The molecule has 2 heterocycles. The molecule has 9 nitrogen and oxygen atoms in total. The molecule has 0 unspecified atom stereocenters. The van der Waals surface area contributed by atoms with Gasteiger partial charge in [-0.05, 0) is 43.2 Å². The van der Waals surface area contributed by atoms with Crippen molar-refractivity contribution in [3.05, 3.63) is 48.0 Å². The van der Waals surface area contributed by atoms with Crippen molar-refractivity contribution in [2.75, 3.05) is 31.4 Å². The molecule has 4 rings (SSSR count). The fraction of sp³-hybridized carbons (Fsp3) is 0.400. The predicted octanol–water partition coefficient (Wildman–Crippen LogP) is 3.06. The zero-order valence-electron chi connectivity index (χ0n) is 19.5. The van der Waals surface area contributed by atoms with Gasteiger partial charge in [-0.15, -0.1) is 0 Å². The van der Waals surface area contributed by atoms with E-state index in [2.05, 4.69) is 10.6 Å². The van der Waals surface area contributed by atoms with E-state index < -0.39 is 0 Å². The average molecular weight is 468 g/mol. The van der Waals surface area contributed by atoms with E-state index in [1.54, 1.807) is 49.4 Å². The first kappa shape index (κ1) is 23.6. The predicted molar refractivity (Wildman–Crippen MR) is 126 cm³/mol. The number of methoxy groups -OCH3 is 1. The molecule has 3 amide bonds. The summed E-state index contributed by atoms with van der Waals surface area (Å²) >= 11 is 0. The number of anilines is 2. The lowest BCUT2D eigenvalue weighted by atomic mass is 9.94. The van der Waals surface area contributed by atoms with E-state index in [4.69, 9.17) is 14.2 Å². The second kappa shape index (κ2) is 10.1. The van der Waals surface area contributed by atoms with E-state index >= 15 is 0 Å². The maximum Gasteiger partial charge on any atom is 0.257 e. The summed E-state index contributed by atoms with van der Waals surface area (Å²) in [5.41, 5.74) is 1.59. The highest BCUT2D eigenvalue weighted by Gasteiger charge is 2.39. The van der Waals surface area contributed by atoms with Gasteiger partial charge in [-0.1, -0.05) is 6.07 Å². The maximum absolute atomic E-state index is 13.2. The van der Waals surface area contributed by atoms with Gasteiger partial charge < -0.3 is 29.7 Å². The third-order valence-electron chi connectivity index (χ3n) is 6.10. The van der Waals surface area contributed by atoms with Gasteiger partial charge >= 0.3 is 0 Å². The first-order valence-electron chi connectivity index (χ1n) is 11.2. The monoisotopic (exact) mass is 467 g/mol. The van der Waals surface area contributed by atoms with Crippen LogP contribution in [-0.2, 0) is 14.3 Å². The minimum atomic E-state index is -0.361. The van der Waals surface area contributed by atoms with Gasteiger partial charge in [-0.3, -0.25) is 14.4 Å². The van der Waals surface area contributed by atoms with E-state index in [0.717, 1.165) is 0 Å². The Morgan fingerprint density at radius 1 is 1.12 bits per heavy atom. The van der Waals surface area contributed by atoms with Crippen molar-refractivity contribution in [3.63, 3.8) is 0 Å². The summed E-state index contributed by atoms with van der Waals surface area (Å²) in [5.74, 6) is 0.539. The van der Waals surface area contributed by atoms with Gasteiger partial charge in [0.05, 0.1) is 31.2 Å². The standard InChI is InChI=1S/C25H29N3O6/c1-15(29)26-17-7-10-22-20(12-17)25(31)28(2)21-9-8-19(34-23(21)14-33-22)13-24(30)27-16-5-4-6-18(11-16)32-3/h4-7,10-12,19,21,23H,8-9,13-14H2,1-3H3,(H,26,29)(H,27,30)/t19-,21+,23+/m1/s1.